The van der Waals surface area contributed by atoms with Gasteiger partial charge in [-0.05, 0) is 30.3 Å². The standard InChI is InChI=1S/C25H22N4O7/c1-33-23(30)18-13-14-28(26-18)15-36-19-12-8-7-11-17(19)21-20(24(31)34-2)22(25(32)35-3)29(27-21)16-9-5-4-6-10-16/h4-14H,15H2,1-3H3. The Morgan fingerprint density at radius 1 is 0.778 bits per heavy atom. The second kappa shape index (κ2) is 10.6. The van der Waals surface area contributed by atoms with E-state index in [1.165, 1.54) is 36.8 Å². The first-order valence-corrected chi connectivity index (χ1v) is 10.7. The van der Waals surface area contributed by atoms with E-state index >= 15 is 0 Å². The summed E-state index contributed by atoms with van der Waals surface area (Å²) in [7, 11) is 3.70. The highest BCUT2D eigenvalue weighted by Crippen LogP contribution is 2.35. The minimum atomic E-state index is -0.766. The summed E-state index contributed by atoms with van der Waals surface area (Å²) in [6.07, 6.45) is 1.56. The van der Waals surface area contributed by atoms with Gasteiger partial charge in [0.25, 0.3) is 0 Å². The van der Waals surface area contributed by atoms with Crippen LogP contribution in [0.2, 0.25) is 0 Å². The molecule has 0 atom stereocenters. The first-order valence-electron chi connectivity index (χ1n) is 10.7. The Labute approximate surface area is 205 Å². The molecule has 0 fully saturated rings. The van der Waals surface area contributed by atoms with Crippen LogP contribution in [-0.4, -0.2) is 58.8 Å². The third-order valence-electron chi connectivity index (χ3n) is 5.18. The van der Waals surface area contributed by atoms with E-state index in [-0.39, 0.29) is 29.4 Å². The zero-order chi connectivity index (χ0) is 25.7. The van der Waals surface area contributed by atoms with Crippen molar-refractivity contribution in [1.29, 1.82) is 0 Å². The van der Waals surface area contributed by atoms with Crippen LogP contribution in [0.15, 0.2) is 66.9 Å². The topological polar surface area (TPSA) is 124 Å². The molecule has 0 saturated heterocycles. The summed E-state index contributed by atoms with van der Waals surface area (Å²) in [5.74, 6) is -1.74. The lowest BCUT2D eigenvalue weighted by Gasteiger charge is -2.11. The Morgan fingerprint density at radius 3 is 2.14 bits per heavy atom. The summed E-state index contributed by atoms with van der Waals surface area (Å²) >= 11 is 0. The van der Waals surface area contributed by atoms with Crippen molar-refractivity contribution in [3.63, 3.8) is 0 Å². The Balaban J connectivity index is 1.80. The quantitative estimate of drug-likeness (QED) is 0.271. The predicted octanol–water partition coefficient (Wildman–Crippen LogP) is 3.13. The van der Waals surface area contributed by atoms with Gasteiger partial charge in [-0.15, -0.1) is 0 Å². The van der Waals surface area contributed by atoms with Crippen LogP contribution < -0.4 is 4.74 Å². The Kier molecular flexibility index (Phi) is 7.10. The molecular formula is C25H22N4O7. The highest BCUT2D eigenvalue weighted by molar-refractivity contribution is 6.07. The fraction of sp³-hybridized carbons (Fsp3) is 0.160. The van der Waals surface area contributed by atoms with Crippen LogP contribution in [0.25, 0.3) is 16.9 Å². The highest BCUT2D eigenvalue weighted by Gasteiger charge is 2.32. The van der Waals surface area contributed by atoms with Crippen LogP contribution in [-0.2, 0) is 20.9 Å². The zero-order valence-corrected chi connectivity index (χ0v) is 19.7. The van der Waals surface area contributed by atoms with Gasteiger partial charge in [-0.25, -0.2) is 23.7 Å². The number of hydrogen-bond acceptors (Lipinski definition) is 9. The van der Waals surface area contributed by atoms with Gasteiger partial charge in [0.05, 0.1) is 27.0 Å². The molecule has 2 aromatic heterocycles. The molecule has 0 radical (unpaired) electrons. The summed E-state index contributed by atoms with van der Waals surface area (Å²) < 4.78 is 23.3. The second-order valence-electron chi connectivity index (χ2n) is 7.30. The lowest BCUT2D eigenvalue weighted by Crippen LogP contribution is -2.15. The molecule has 4 aromatic rings. The summed E-state index contributed by atoms with van der Waals surface area (Å²) in [5.41, 5.74) is 1.10. The molecule has 36 heavy (non-hydrogen) atoms. The first-order chi connectivity index (χ1) is 17.5. The minimum Gasteiger partial charge on any atom is -0.471 e. The number of aromatic nitrogens is 4. The fourth-order valence-electron chi connectivity index (χ4n) is 3.51. The maximum Gasteiger partial charge on any atom is 0.358 e. The number of hydrogen-bond donors (Lipinski definition) is 0. The number of ether oxygens (including phenoxy) is 4. The number of esters is 3. The number of para-hydroxylation sites is 2. The Morgan fingerprint density at radius 2 is 1.44 bits per heavy atom. The molecule has 0 amide bonds. The molecule has 0 aliphatic carbocycles. The van der Waals surface area contributed by atoms with Crippen molar-refractivity contribution in [1.82, 2.24) is 19.6 Å². The zero-order valence-electron chi connectivity index (χ0n) is 19.7. The first kappa shape index (κ1) is 24.2. The average molecular weight is 490 g/mol. The van der Waals surface area contributed by atoms with Crippen molar-refractivity contribution in [2.75, 3.05) is 21.3 Å². The normalized spacial score (nSPS) is 10.5. The number of carbonyl (C=O) groups is 3. The third kappa shape index (κ3) is 4.67. The van der Waals surface area contributed by atoms with E-state index in [0.717, 1.165) is 0 Å². The molecular weight excluding hydrogens is 468 g/mol. The fourth-order valence-corrected chi connectivity index (χ4v) is 3.51. The van der Waals surface area contributed by atoms with Crippen molar-refractivity contribution in [3.05, 3.63) is 83.8 Å². The number of carbonyl (C=O) groups excluding carboxylic acids is 3. The van der Waals surface area contributed by atoms with Crippen molar-refractivity contribution < 1.29 is 33.3 Å². The molecule has 2 heterocycles. The van der Waals surface area contributed by atoms with E-state index in [1.807, 2.05) is 6.07 Å². The third-order valence-corrected chi connectivity index (χ3v) is 5.18. The van der Waals surface area contributed by atoms with E-state index in [4.69, 9.17) is 14.2 Å². The van der Waals surface area contributed by atoms with E-state index in [2.05, 4.69) is 14.9 Å². The maximum absolute atomic E-state index is 12.9. The van der Waals surface area contributed by atoms with Crippen molar-refractivity contribution in [2.24, 2.45) is 0 Å². The molecule has 0 saturated carbocycles. The van der Waals surface area contributed by atoms with Crippen molar-refractivity contribution in [3.8, 4) is 22.7 Å². The Bertz CT molecular complexity index is 1410. The lowest BCUT2D eigenvalue weighted by molar-refractivity contribution is 0.0549. The monoisotopic (exact) mass is 490 g/mol. The van der Waals surface area contributed by atoms with Crippen LogP contribution in [0.1, 0.15) is 31.3 Å². The molecule has 184 valence electrons. The van der Waals surface area contributed by atoms with Crippen molar-refractivity contribution >= 4 is 17.9 Å². The van der Waals surface area contributed by atoms with Gasteiger partial charge >= 0.3 is 17.9 Å². The lowest BCUT2D eigenvalue weighted by atomic mass is 10.0. The van der Waals surface area contributed by atoms with Gasteiger partial charge < -0.3 is 18.9 Å². The molecule has 0 aliphatic rings. The molecule has 0 N–H and O–H groups in total. The Hall–Kier alpha value is -4.93. The molecule has 0 bridgehead atoms. The number of rotatable bonds is 8. The molecule has 2 aromatic carbocycles. The van der Waals surface area contributed by atoms with Gasteiger partial charge in [0.15, 0.2) is 18.1 Å². The van der Waals surface area contributed by atoms with Gasteiger partial charge in [0.2, 0.25) is 0 Å². The van der Waals surface area contributed by atoms with Crippen LogP contribution >= 0.6 is 0 Å². The van der Waals surface area contributed by atoms with Gasteiger partial charge in [0, 0.05) is 11.8 Å². The SMILES string of the molecule is COC(=O)c1ccn(COc2ccccc2-c2nn(-c3ccccc3)c(C(=O)OC)c2C(=O)OC)n1. The number of methoxy groups -OCH3 is 3. The highest BCUT2D eigenvalue weighted by atomic mass is 16.5. The van der Waals surface area contributed by atoms with E-state index < -0.39 is 17.9 Å². The number of nitrogens with zero attached hydrogens (tertiary/aromatic N) is 4. The van der Waals surface area contributed by atoms with Gasteiger partial charge in [-0.2, -0.15) is 10.2 Å². The van der Waals surface area contributed by atoms with Gasteiger partial charge in [-0.1, -0.05) is 30.3 Å². The van der Waals surface area contributed by atoms with Crippen LogP contribution in [0.4, 0.5) is 0 Å². The number of benzene rings is 2. The molecule has 11 nitrogen and oxygen atoms in total. The largest absolute Gasteiger partial charge is 0.471 e. The van der Waals surface area contributed by atoms with Gasteiger partial charge in [0.1, 0.15) is 17.0 Å². The molecule has 0 spiro atoms. The van der Waals surface area contributed by atoms with E-state index in [9.17, 15) is 14.4 Å². The van der Waals surface area contributed by atoms with Gasteiger partial charge in [-0.3, -0.25) is 0 Å². The summed E-state index contributed by atoms with van der Waals surface area (Å²) in [6, 6.07) is 17.2. The van der Waals surface area contributed by atoms with Crippen LogP contribution in [0, 0.1) is 0 Å². The van der Waals surface area contributed by atoms with Crippen molar-refractivity contribution in [2.45, 2.75) is 6.73 Å². The summed E-state index contributed by atoms with van der Waals surface area (Å²) in [4.78, 5) is 37.4. The average Bonchev–Trinajstić information content (AvgIpc) is 3.56. The summed E-state index contributed by atoms with van der Waals surface area (Å²) in [5, 5.41) is 8.71. The maximum atomic E-state index is 12.9. The second-order valence-corrected chi connectivity index (χ2v) is 7.30. The molecule has 11 heteroatoms. The minimum absolute atomic E-state index is 0.0508. The van der Waals surface area contributed by atoms with E-state index in [1.54, 1.807) is 54.7 Å². The van der Waals surface area contributed by atoms with E-state index in [0.29, 0.717) is 17.0 Å². The predicted molar refractivity (Wildman–Crippen MR) is 126 cm³/mol. The summed E-state index contributed by atoms with van der Waals surface area (Å²) in [6.45, 7) is -0.0508. The van der Waals surface area contributed by atoms with Crippen LogP contribution in [0.3, 0.4) is 0 Å². The molecule has 0 aliphatic heterocycles. The molecule has 0 unspecified atom stereocenters. The smallest absolute Gasteiger partial charge is 0.358 e. The van der Waals surface area contributed by atoms with Crippen LogP contribution in [0.5, 0.6) is 5.75 Å². The molecule has 4 rings (SSSR count).